The molecule has 0 bridgehead atoms. The Labute approximate surface area is 210 Å². The van der Waals surface area contributed by atoms with Crippen LogP contribution in [0.15, 0.2) is 68.3 Å². The standard InChI is InChI=1S/C22H21ClF3N7O3/c1-31(27)7-12-2-3-15(23)19(4-12)29-20-30-21(34)33(9-14-10-36-11-28-14)22(35)32(20)8-13-5-17(25)18(26)6-16(13)24/h3-7,10,28H,2,8-9,11,27H2,1H3,(H,29,30,34)/b12-7+/i10D,11D. The molecule has 4 N–H and O–H groups in total. The van der Waals surface area contributed by atoms with Gasteiger partial charge < -0.3 is 20.4 Å². The average Bonchev–Trinajstić information content (AvgIpc) is 3.15. The smallest absolute Gasteiger partial charge is 0.355 e. The number of allylic oxidation sites excluding steroid dienone is 5. The number of aromatic nitrogens is 3. The number of hydrogen-bond donors (Lipinski definition) is 3. The zero-order valence-electron chi connectivity index (χ0n) is 20.7. The van der Waals surface area contributed by atoms with Crippen LogP contribution in [0.5, 0.6) is 0 Å². The van der Waals surface area contributed by atoms with Crippen LogP contribution in [0, 0.1) is 17.5 Å². The molecule has 1 aromatic heterocycles. The zero-order valence-corrected chi connectivity index (χ0v) is 19.4. The van der Waals surface area contributed by atoms with Crippen LogP contribution in [0.2, 0.25) is 0 Å². The topological polar surface area (TPSA) is 119 Å². The fourth-order valence-electron chi connectivity index (χ4n) is 3.42. The summed E-state index contributed by atoms with van der Waals surface area (Å²) in [6.07, 6.45) is 4.83. The monoisotopic (exact) mass is 525 g/mol. The predicted molar refractivity (Wildman–Crippen MR) is 126 cm³/mol. The first-order chi connectivity index (χ1) is 17.9. The molecule has 2 aliphatic rings. The van der Waals surface area contributed by atoms with Gasteiger partial charge >= 0.3 is 11.4 Å². The van der Waals surface area contributed by atoms with Crippen LogP contribution in [0.4, 0.5) is 19.1 Å². The molecule has 0 radical (unpaired) electrons. The lowest BCUT2D eigenvalue weighted by Gasteiger charge is -2.20. The molecular weight excluding hydrogens is 503 g/mol. The van der Waals surface area contributed by atoms with E-state index in [0.717, 1.165) is 4.57 Å². The Morgan fingerprint density at radius 3 is 2.75 bits per heavy atom. The number of nitrogens with zero attached hydrogens (tertiary/aromatic N) is 4. The quantitative estimate of drug-likeness (QED) is 0.284. The molecule has 1 unspecified atom stereocenters. The minimum atomic E-state index is -1.42. The third-order valence-electron chi connectivity index (χ3n) is 5.08. The highest BCUT2D eigenvalue weighted by atomic mass is 35.5. The van der Waals surface area contributed by atoms with E-state index < -0.39 is 60.4 Å². The summed E-state index contributed by atoms with van der Waals surface area (Å²) in [5, 5.41) is 6.80. The first kappa shape index (κ1) is 22.5. The summed E-state index contributed by atoms with van der Waals surface area (Å²) in [4.78, 5) is 30.2. The van der Waals surface area contributed by atoms with Gasteiger partial charge in [-0.25, -0.2) is 33.2 Å². The van der Waals surface area contributed by atoms with Gasteiger partial charge in [-0.3, -0.25) is 4.57 Å². The third kappa shape index (κ3) is 5.47. The number of hydrogen-bond acceptors (Lipinski definition) is 8. The maximum absolute atomic E-state index is 14.5. The lowest BCUT2D eigenvalue weighted by atomic mass is 10.1. The fraction of sp³-hybridized carbons (Fsp3) is 0.227. The molecular formula is C22H21ClF3N7O3. The summed E-state index contributed by atoms with van der Waals surface area (Å²) in [7, 11) is 1.61. The van der Waals surface area contributed by atoms with E-state index in [0.29, 0.717) is 28.7 Å². The number of hydrazine groups is 1. The average molecular weight is 526 g/mol. The van der Waals surface area contributed by atoms with E-state index in [9.17, 15) is 22.8 Å². The number of anilines is 1. The van der Waals surface area contributed by atoms with E-state index in [1.807, 2.05) is 0 Å². The molecule has 0 fully saturated rings. The van der Waals surface area contributed by atoms with Crippen LogP contribution in [-0.2, 0) is 17.8 Å². The van der Waals surface area contributed by atoms with Gasteiger partial charge in [0.05, 0.1) is 30.9 Å². The molecule has 4 rings (SSSR count). The van der Waals surface area contributed by atoms with Gasteiger partial charge in [0.15, 0.2) is 18.3 Å². The van der Waals surface area contributed by atoms with E-state index in [1.165, 1.54) is 5.01 Å². The third-order valence-corrected chi connectivity index (χ3v) is 5.44. The maximum atomic E-state index is 14.5. The molecule has 190 valence electrons. The number of halogens is 4. The number of ether oxygens (including phenoxy) is 1. The lowest BCUT2D eigenvalue weighted by Crippen LogP contribution is -2.44. The number of nitrogens with one attached hydrogen (secondary N) is 2. The molecule has 10 nitrogen and oxygen atoms in total. The van der Waals surface area contributed by atoms with Crippen molar-refractivity contribution in [2.24, 2.45) is 5.84 Å². The molecule has 1 aromatic carbocycles. The van der Waals surface area contributed by atoms with Crippen molar-refractivity contribution in [3.05, 3.63) is 103 Å². The molecule has 1 aliphatic heterocycles. The van der Waals surface area contributed by atoms with Crippen molar-refractivity contribution in [3.63, 3.8) is 0 Å². The molecule has 1 aliphatic carbocycles. The van der Waals surface area contributed by atoms with Crippen molar-refractivity contribution < 1.29 is 20.6 Å². The summed E-state index contributed by atoms with van der Waals surface area (Å²) in [5.74, 6) is 1.40. The van der Waals surface area contributed by atoms with Gasteiger partial charge in [0.1, 0.15) is 13.4 Å². The Morgan fingerprint density at radius 2 is 2.06 bits per heavy atom. The van der Waals surface area contributed by atoms with Crippen molar-refractivity contribution in [2.75, 3.05) is 19.1 Å². The van der Waals surface area contributed by atoms with Gasteiger partial charge in [0, 0.05) is 24.9 Å². The van der Waals surface area contributed by atoms with Crippen LogP contribution in [0.1, 0.15) is 14.7 Å². The van der Waals surface area contributed by atoms with Gasteiger partial charge in [-0.15, -0.1) is 0 Å². The summed E-state index contributed by atoms with van der Waals surface area (Å²) >= 11 is 6.31. The Bertz CT molecular complexity index is 1540. The summed E-state index contributed by atoms with van der Waals surface area (Å²) in [6, 6.07) is 0.920. The minimum Gasteiger partial charge on any atom is -0.479 e. The predicted octanol–water partition coefficient (Wildman–Crippen LogP) is 1.80. The summed E-state index contributed by atoms with van der Waals surface area (Å²) < 4.78 is 63.5. The highest BCUT2D eigenvalue weighted by molar-refractivity contribution is 6.32. The van der Waals surface area contributed by atoms with E-state index in [2.05, 4.69) is 15.6 Å². The first-order valence-electron chi connectivity index (χ1n) is 11.4. The zero-order chi connectivity index (χ0) is 27.7. The van der Waals surface area contributed by atoms with Crippen molar-refractivity contribution in [1.82, 2.24) is 24.4 Å². The maximum Gasteiger partial charge on any atom is 0.355 e. The van der Waals surface area contributed by atoms with Crippen LogP contribution in [-0.4, -0.2) is 32.9 Å². The SMILES string of the molecule is [2H]C1=C(Cn2c(=O)nc(NC3=C/C(=C/N(C)N)CC=C3Cl)n(Cc3cc(F)c(F)cc3F)c2=O)NC([2H])O1. The second-order valence-corrected chi connectivity index (χ2v) is 8.21. The van der Waals surface area contributed by atoms with Gasteiger partial charge in [0.25, 0.3) is 0 Å². The van der Waals surface area contributed by atoms with Crippen molar-refractivity contribution in [1.29, 1.82) is 0 Å². The normalized spacial score (nSPS) is 19.3. The van der Waals surface area contributed by atoms with E-state index >= 15 is 0 Å². The van der Waals surface area contributed by atoms with E-state index in [1.54, 1.807) is 25.4 Å². The molecule has 0 saturated carbocycles. The molecule has 2 heterocycles. The van der Waals surface area contributed by atoms with Crippen LogP contribution in [0.3, 0.4) is 0 Å². The van der Waals surface area contributed by atoms with Gasteiger partial charge in [-0.1, -0.05) is 17.7 Å². The van der Waals surface area contributed by atoms with Crippen molar-refractivity contribution in [2.45, 2.75) is 19.5 Å². The Balaban J connectivity index is 1.82. The minimum absolute atomic E-state index is 0.0427. The van der Waals surface area contributed by atoms with E-state index in [4.69, 9.17) is 24.9 Å². The van der Waals surface area contributed by atoms with Crippen LogP contribution >= 0.6 is 11.6 Å². The molecule has 2 aromatic rings. The molecule has 0 spiro atoms. The van der Waals surface area contributed by atoms with Gasteiger partial charge in [-0.2, -0.15) is 4.98 Å². The Hall–Kier alpha value is -3.97. The molecule has 0 saturated heterocycles. The number of benzene rings is 1. The van der Waals surface area contributed by atoms with Crippen LogP contribution < -0.4 is 27.9 Å². The Morgan fingerprint density at radius 1 is 1.31 bits per heavy atom. The molecule has 1 atom stereocenters. The van der Waals surface area contributed by atoms with Gasteiger partial charge in [-0.05, 0) is 24.1 Å². The van der Waals surface area contributed by atoms with Crippen molar-refractivity contribution >= 4 is 17.5 Å². The second-order valence-electron chi connectivity index (χ2n) is 7.80. The lowest BCUT2D eigenvalue weighted by molar-refractivity contribution is 0.267. The largest absolute Gasteiger partial charge is 0.479 e. The van der Waals surface area contributed by atoms with E-state index in [-0.39, 0.29) is 22.4 Å². The van der Waals surface area contributed by atoms with Gasteiger partial charge in [0.2, 0.25) is 5.95 Å². The van der Waals surface area contributed by atoms with Crippen molar-refractivity contribution in [3.8, 4) is 0 Å². The van der Waals surface area contributed by atoms with Crippen LogP contribution in [0.25, 0.3) is 0 Å². The molecule has 36 heavy (non-hydrogen) atoms. The Kier molecular flexibility index (Phi) is 6.46. The highest BCUT2D eigenvalue weighted by Crippen LogP contribution is 2.26. The first-order valence-corrected chi connectivity index (χ1v) is 10.7. The summed E-state index contributed by atoms with van der Waals surface area (Å²) in [6.45, 7) is -2.47. The highest BCUT2D eigenvalue weighted by Gasteiger charge is 2.20. The number of rotatable bonds is 7. The molecule has 14 heteroatoms. The fourth-order valence-corrected chi connectivity index (χ4v) is 3.60. The number of nitrogens with two attached hydrogens (primary N) is 1. The second kappa shape index (κ2) is 10.3. The molecule has 0 amide bonds. The summed E-state index contributed by atoms with van der Waals surface area (Å²) in [5.41, 5.74) is -1.58.